The molecule has 0 unspecified atom stereocenters. The fourth-order valence-electron chi connectivity index (χ4n) is 2.36. The Labute approximate surface area is 137 Å². The fourth-order valence-corrected chi connectivity index (χ4v) is 2.57. The maximum Gasteiger partial charge on any atom is 0.345 e. The molecule has 1 fully saturated rings. The summed E-state index contributed by atoms with van der Waals surface area (Å²) >= 11 is 5.98. The van der Waals surface area contributed by atoms with E-state index in [0.717, 1.165) is 4.90 Å². The Kier molecular flexibility index (Phi) is 4.12. The van der Waals surface area contributed by atoms with Crippen LogP contribution in [-0.2, 0) is 9.59 Å². The first-order valence-corrected chi connectivity index (χ1v) is 7.37. The number of anilines is 1. The Morgan fingerprint density at radius 1 is 0.957 bits per heavy atom. The summed E-state index contributed by atoms with van der Waals surface area (Å²) in [6, 6.07) is 12.9. The Balaban J connectivity index is 1.93. The van der Waals surface area contributed by atoms with Gasteiger partial charge in [0.15, 0.2) is 5.75 Å². The van der Waals surface area contributed by atoms with Crippen molar-refractivity contribution in [2.75, 3.05) is 4.90 Å². The predicted octanol–water partition coefficient (Wildman–Crippen LogP) is 3.21. The van der Waals surface area contributed by atoms with Gasteiger partial charge in [0.25, 0.3) is 0 Å². The van der Waals surface area contributed by atoms with Gasteiger partial charge in [-0.3, -0.25) is 9.59 Å². The van der Waals surface area contributed by atoms with E-state index in [-0.39, 0.29) is 46.7 Å². The maximum atomic E-state index is 12.3. The van der Waals surface area contributed by atoms with Gasteiger partial charge in [0.05, 0.1) is 16.3 Å². The molecule has 2 amide bonds. The van der Waals surface area contributed by atoms with Crippen LogP contribution in [0.25, 0.3) is 0 Å². The van der Waals surface area contributed by atoms with Gasteiger partial charge in [-0.2, -0.15) is 0 Å². The lowest BCUT2D eigenvalue weighted by atomic mass is 10.2. The number of esters is 1. The molecule has 2 aromatic carbocycles. The number of amides is 2. The first kappa shape index (κ1) is 15.2. The third-order valence-corrected chi connectivity index (χ3v) is 3.78. The fraction of sp³-hybridized carbons (Fsp3) is 0.118. The van der Waals surface area contributed by atoms with Crippen LogP contribution in [0.15, 0.2) is 48.5 Å². The van der Waals surface area contributed by atoms with Gasteiger partial charge in [-0.25, -0.2) is 9.69 Å². The van der Waals surface area contributed by atoms with E-state index in [1.807, 2.05) is 0 Å². The second-order valence-corrected chi connectivity index (χ2v) is 5.37. The highest BCUT2D eigenvalue weighted by molar-refractivity contribution is 6.33. The van der Waals surface area contributed by atoms with Crippen LogP contribution in [0.3, 0.4) is 0 Å². The zero-order valence-electron chi connectivity index (χ0n) is 12.0. The molecule has 5 nitrogen and oxygen atoms in total. The summed E-state index contributed by atoms with van der Waals surface area (Å²) in [4.78, 5) is 37.1. The topological polar surface area (TPSA) is 63.7 Å². The first-order valence-electron chi connectivity index (χ1n) is 6.99. The Morgan fingerprint density at radius 2 is 1.57 bits per heavy atom. The number of rotatable bonds is 3. The van der Waals surface area contributed by atoms with Crippen LogP contribution in [0.2, 0.25) is 5.02 Å². The molecule has 1 aliphatic heterocycles. The highest BCUT2D eigenvalue weighted by atomic mass is 35.5. The standard InChI is InChI=1S/C17H12ClNO4/c18-12-6-2-1-5-11(12)17(22)23-14-8-4-3-7-13(14)19-15(20)9-10-16(19)21/h1-8H,9-10H2. The van der Waals surface area contributed by atoms with Gasteiger partial charge in [-0.05, 0) is 24.3 Å². The van der Waals surface area contributed by atoms with Crippen molar-refractivity contribution in [3.8, 4) is 5.75 Å². The van der Waals surface area contributed by atoms with E-state index < -0.39 is 5.97 Å². The van der Waals surface area contributed by atoms with Crippen LogP contribution in [0.5, 0.6) is 5.75 Å². The van der Waals surface area contributed by atoms with Crippen molar-refractivity contribution in [1.82, 2.24) is 0 Å². The molecular weight excluding hydrogens is 318 g/mol. The third-order valence-electron chi connectivity index (χ3n) is 3.45. The normalized spacial score (nSPS) is 14.2. The molecule has 0 spiro atoms. The van der Waals surface area contributed by atoms with E-state index >= 15 is 0 Å². The van der Waals surface area contributed by atoms with Crippen molar-refractivity contribution in [1.29, 1.82) is 0 Å². The quantitative estimate of drug-likeness (QED) is 0.493. The number of nitrogens with zero attached hydrogens (tertiary/aromatic N) is 1. The van der Waals surface area contributed by atoms with E-state index in [4.69, 9.17) is 16.3 Å². The molecule has 1 heterocycles. The van der Waals surface area contributed by atoms with Crippen LogP contribution in [0, 0.1) is 0 Å². The number of ether oxygens (including phenoxy) is 1. The molecule has 116 valence electrons. The number of benzene rings is 2. The molecule has 0 atom stereocenters. The zero-order valence-corrected chi connectivity index (χ0v) is 12.7. The smallest absolute Gasteiger partial charge is 0.345 e. The molecule has 3 rings (SSSR count). The second-order valence-electron chi connectivity index (χ2n) is 4.96. The summed E-state index contributed by atoms with van der Waals surface area (Å²) in [5.74, 6) is -1.13. The largest absolute Gasteiger partial charge is 0.421 e. The molecule has 0 aromatic heterocycles. The number of carbonyl (C=O) groups excluding carboxylic acids is 3. The number of carbonyl (C=O) groups is 3. The van der Waals surface area contributed by atoms with E-state index in [9.17, 15) is 14.4 Å². The minimum absolute atomic E-state index is 0.140. The van der Waals surface area contributed by atoms with Gasteiger partial charge in [0, 0.05) is 12.8 Å². The van der Waals surface area contributed by atoms with Crippen molar-refractivity contribution in [3.63, 3.8) is 0 Å². The lowest BCUT2D eigenvalue weighted by Crippen LogP contribution is -2.29. The molecule has 0 saturated carbocycles. The average molecular weight is 330 g/mol. The first-order chi connectivity index (χ1) is 11.1. The van der Waals surface area contributed by atoms with Crippen LogP contribution < -0.4 is 9.64 Å². The second kappa shape index (κ2) is 6.22. The summed E-state index contributed by atoms with van der Waals surface area (Å²) in [6.45, 7) is 0. The summed E-state index contributed by atoms with van der Waals surface area (Å²) in [5, 5.41) is 0.267. The van der Waals surface area contributed by atoms with Gasteiger partial charge in [0.1, 0.15) is 0 Å². The summed E-state index contributed by atoms with van der Waals surface area (Å²) in [5.41, 5.74) is 0.475. The van der Waals surface area contributed by atoms with Crippen molar-refractivity contribution in [2.24, 2.45) is 0 Å². The van der Waals surface area contributed by atoms with Crippen molar-refractivity contribution >= 4 is 35.1 Å². The molecule has 0 N–H and O–H groups in total. The third kappa shape index (κ3) is 2.96. The number of halogens is 1. The van der Waals surface area contributed by atoms with Gasteiger partial charge in [-0.15, -0.1) is 0 Å². The predicted molar refractivity (Wildman–Crippen MR) is 84.6 cm³/mol. The molecule has 23 heavy (non-hydrogen) atoms. The molecule has 0 aliphatic carbocycles. The van der Waals surface area contributed by atoms with E-state index in [2.05, 4.69) is 0 Å². The molecule has 2 aromatic rings. The highest BCUT2D eigenvalue weighted by Crippen LogP contribution is 2.32. The average Bonchev–Trinajstić information content (AvgIpc) is 2.87. The van der Waals surface area contributed by atoms with Crippen LogP contribution in [0.4, 0.5) is 5.69 Å². The van der Waals surface area contributed by atoms with Gasteiger partial charge < -0.3 is 4.74 Å². The zero-order chi connectivity index (χ0) is 16.4. The van der Waals surface area contributed by atoms with Crippen molar-refractivity contribution in [3.05, 3.63) is 59.1 Å². The number of para-hydroxylation sites is 2. The minimum Gasteiger partial charge on any atom is -0.421 e. The number of imide groups is 1. The van der Waals surface area contributed by atoms with Gasteiger partial charge in [-0.1, -0.05) is 35.9 Å². The molecular formula is C17H12ClNO4. The molecule has 1 aliphatic rings. The van der Waals surface area contributed by atoms with Crippen LogP contribution in [-0.4, -0.2) is 17.8 Å². The lowest BCUT2D eigenvalue weighted by Gasteiger charge is -2.17. The molecule has 0 bridgehead atoms. The van der Waals surface area contributed by atoms with Crippen LogP contribution >= 0.6 is 11.6 Å². The summed E-state index contributed by atoms with van der Waals surface area (Å²) in [7, 11) is 0. The Hall–Kier alpha value is -2.66. The molecule has 0 radical (unpaired) electrons. The van der Waals surface area contributed by atoms with Crippen LogP contribution in [0.1, 0.15) is 23.2 Å². The van der Waals surface area contributed by atoms with Crippen molar-refractivity contribution in [2.45, 2.75) is 12.8 Å². The lowest BCUT2D eigenvalue weighted by molar-refractivity contribution is -0.121. The van der Waals surface area contributed by atoms with E-state index in [1.54, 1.807) is 42.5 Å². The van der Waals surface area contributed by atoms with Crippen molar-refractivity contribution < 1.29 is 19.1 Å². The monoisotopic (exact) mass is 329 g/mol. The van der Waals surface area contributed by atoms with E-state index in [1.165, 1.54) is 6.07 Å². The number of hydrogen-bond donors (Lipinski definition) is 0. The van der Waals surface area contributed by atoms with Gasteiger partial charge >= 0.3 is 5.97 Å². The molecule has 6 heteroatoms. The maximum absolute atomic E-state index is 12.3. The summed E-state index contributed by atoms with van der Waals surface area (Å²) in [6.07, 6.45) is 0.317. The Morgan fingerprint density at radius 3 is 2.26 bits per heavy atom. The Bertz CT molecular complexity index is 787. The molecule has 1 saturated heterocycles. The minimum atomic E-state index is -0.651. The van der Waals surface area contributed by atoms with E-state index in [0.29, 0.717) is 0 Å². The summed E-state index contributed by atoms with van der Waals surface area (Å²) < 4.78 is 5.35. The van der Waals surface area contributed by atoms with Gasteiger partial charge in [0.2, 0.25) is 11.8 Å². The highest BCUT2D eigenvalue weighted by Gasteiger charge is 2.32. The number of hydrogen-bond acceptors (Lipinski definition) is 4. The SMILES string of the molecule is O=C(Oc1ccccc1N1C(=O)CCC1=O)c1ccccc1Cl.